The van der Waals surface area contributed by atoms with Crippen molar-refractivity contribution in [1.82, 2.24) is 24.7 Å². The van der Waals surface area contributed by atoms with E-state index in [2.05, 4.69) is 47.8 Å². The van der Waals surface area contributed by atoms with Gasteiger partial charge in [0.25, 0.3) is 0 Å². The van der Waals surface area contributed by atoms with Crippen molar-refractivity contribution < 1.29 is 28.4 Å². The molecule has 0 saturated heterocycles. The van der Waals surface area contributed by atoms with Crippen LogP contribution < -0.4 is 15.9 Å². The van der Waals surface area contributed by atoms with Crippen molar-refractivity contribution in [1.29, 1.82) is 0 Å². The summed E-state index contributed by atoms with van der Waals surface area (Å²) in [7, 11) is -3.65. The van der Waals surface area contributed by atoms with E-state index >= 15 is 0 Å². The van der Waals surface area contributed by atoms with E-state index in [1.54, 1.807) is 18.6 Å². The third-order valence-corrected chi connectivity index (χ3v) is 10.9. The molecule has 2 aromatic heterocycles. The minimum Gasteiger partial charge on any atom is -0.464 e. The van der Waals surface area contributed by atoms with Gasteiger partial charge in [0.05, 0.1) is 37.9 Å². The summed E-state index contributed by atoms with van der Waals surface area (Å²) in [5, 5.41) is 6.24. The number of hydrogen-bond donors (Lipinski definition) is 3. The molecule has 2 saturated carbocycles. The zero-order valence-electron chi connectivity index (χ0n) is 26.3. The van der Waals surface area contributed by atoms with Crippen molar-refractivity contribution in [3.63, 3.8) is 0 Å². The molecule has 2 aliphatic carbocycles. The molecule has 0 unspecified atom stereocenters. The lowest BCUT2D eigenvalue weighted by molar-refractivity contribution is -0.148. The maximum absolute atomic E-state index is 14.6. The van der Waals surface area contributed by atoms with Gasteiger partial charge in [0.1, 0.15) is 22.9 Å². The Labute approximate surface area is 254 Å². The van der Waals surface area contributed by atoms with Crippen LogP contribution in [-0.4, -0.2) is 63.2 Å². The van der Waals surface area contributed by atoms with Crippen LogP contribution in [0, 0.1) is 11.8 Å². The van der Waals surface area contributed by atoms with Crippen LogP contribution in [-0.2, 0) is 34.9 Å². The van der Waals surface area contributed by atoms with Gasteiger partial charge in [0.15, 0.2) is 5.65 Å². The summed E-state index contributed by atoms with van der Waals surface area (Å²) in [6, 6.07) is 1.69. The average molecular weight is 621 g/mol. The Morgan fingerprint density at radius 2 is 1.47 bits per heavy atom. The molecule has 0 aromatic carbocycles. The number of imidazole rings is 1. The maximum Gasteiger partial charge on any atom is 0.326 e. The van der Waals surface area contributed by atoms with Crippen LogP contribution in [0.1, 0.15) is 86.0 Å². The molecular formula is C30H49N6O6P. The van der Waals surface area contributed by atoms with Crippen LogP contribution >= 0.6 is 7.44 Å². The fraction of sp³-hybridized carbons (Fsp3) is 0.733. The van der Waals surface area contributed by atoms with Crippen LogP contribution in [0.25, 0.3) is 11.2 Å². The minimum atomic E-state index is -3.65. The first-order chi connectivity index (χ1) is 20.5. The number of aromatic nitrogens is 3. The molecule has 0 amide bonds. The molecular weight excluding hydrogens is 571 g/mol. The van der Waals surface area contributed by atoms with E-state index in [1.807, 2.05) is 11.5 Å². The summed E-state index contributed by atoms with van der Waals surface area (Å²) in [6.07, 6.45) is 8.26. The van der Waals surface area contributed by atoms with Crippen LogP contribution in [0.4, 0.5) is 5.69 Å². The quantitative estimate of drug-likeness (QED) is 0.147. The van der Waals surface area contributed by atoms with Gasteiger partial charge in [0, 0.05) is 6.20 Å². The number of ether oxygens (including phenoxy) is 3. The van der Waals surface area contributed by atoms with Gasteiger partial charge in [-0.1, -0.05) is 53.4 Å². The number of esters is 2. The van der Waals surface area contributed by atoms with E-state index < -0.39 is 36.6 Å². The fourth-order valence-electron chi connectivity index (χ4n) is 5.15. The van der Waals surface area contributed by atoms with Gasteiger partial charge in [-0.3, -0.25) is 14.2 Å². The second-order valence-corrected chi connectivity index (χ2v) is 14.5. The molecule has 12 nitrogen and oxygen atoms in total. The summed E-state index contributed by atoms with van der Waals surface area (Å²) in [4.78, 5) is 35.2. The molecule has 4 rings (SSSR count). The third-order valence-electron chi connectivity index (χ3n) is 8.81. The lowest BCUT2D eigenvalue weighted by Gasteiger charge is -2.30. The highest BCUT2D eigenvalue weighted by Gasteiger charge is 2.60. The molecule has 43 heavy (non-hydrogen) atoms. The second kappa shape index (κ2) is 14.1. The largest absolute Gasteiger partial charge is 0.464 e. The molecule has 2 fully saturated rings. The third kappa shape index (κ3) is 8.15. The molecule has 240 valence electrons. The fourth-order valence-corrected chi connectivity index (χ4v) is 7.81. The zero-order chi connectivity index (χ0) is 31.3. The topological polar surface area (TPSA) is 160 Å². The maximum atomic E-state index is 14.6. The Morgan fingerprint density at radius 3 is 1.93 bits per heavy atom. The smallest absolute Gasteiger partial charge is 0.326 e. The highest BCUT2D eigenvalue weighted by atomic mass is 31.2. The first-order valence-corrected chi connectivity index (χ1v) is 17.6. The Balaban J connectivity index is 1.47. The number of pyridine rings is 1. The van der Waals surface area contributed by atoms with Crippen molar-refractivity contribution in [2.24, 2.45) is 11.8 Å². The number of rotatable bonds is 19. The van der Waals surface area contributed by atoms with Gasteiger partial charge in [-0.05, 0) is 50.5 Å². The highest BCUT2D eigenvalue weighted by Crippen LogP contribution is 2.53. The highest BCUT2D eigenvalue weighted by molar-refractivity contribution is 7.59. The number of hydrogen-bond acceptors (Lipinski definition) is 9. The van der Waals surface area contributed by atoms with Crippen LogP contribution in [0.15, 0.2) is 18.6 Å². The summed E-state index contributed by atoms with van der Waals surface area (Å²) >= 11 is 0. The number of carbonyl (C=O) groups is 2. The number of nitrogens with one attached hydrogen (secondary N) is 2. The molecule has 4 N–H and O–H groups in total. The summed E-state index contributed by atoms with van der Waals surface area (Å²) < 4.78 is 33.9. The monoisotopic (exact) mass is 620 g/mol. The second-order valence-electron chi connectivity index (χ2n) is 12.3. The Kier molecular flexibility index (Phi) is 10.9. The molecule has 1 atom stereocenters. The number of carbonyl (C=O) groups excluding carboxylic acids is 2. The molecule has 0 spiro atoms. The van der Waals surface area contributed by atoms with Crippen LogP contribution in [0.5, 0.6) is 0 Å². The van der Waals surface area contributed by atoms with Crippen molar-refractivity contribution in [3.8, 4) is 0 Å². The van der Waals surface area contributed by atoms with Crippen LogP contribution in [0.2, 0.25) is 0 Å². The van der Waals surface area contributed by atoms with E-state index in [4.69, 9.17) is 19.9 Å². The summed E-state index contributed by atoms with van der Waals surface area (Å²) in [5.74, 6) is -0.275. The molecule has 13 heteroatoms. The Morgan fingerprint density at radius 1 is 0.953 bits per heavy atom. The first-order valence-electron chi connectivity index (χ1n) is 15.7. The number of anilines is 1. The molecule has 2 aliphatic rings. The lowest BCUT2D eigenvalue weighted by Crippen LogP contribution is -2.48. The van der Waals surface area contributed by atoms with E-state index in [0.717, 1.165) is 25.7 Å². The van der Waals surface area contributed by atoms with E-state index in [1.165, 1.54) is 0 Å². The minimum absolute atomic E-state index is 0.237. The number of fused-ring (bicyclic) bond motifs is 1. The predicted octanol–water partition coefficient (Wildman–Crippen LogP) is 4.77. The first kappa shape index (κ1) is 33.4. The molecule has 0 radical (unpaired) electrons. The van der Waals surface area contributed by atoms with Crippen LogP contribution in [0.3, 0.4) is 0 Å². The molecule has 0 aliphatic heterocycles. The SMILES string of the molecule is CCC(CC)COC(=O)C1(NP(=O)(CO[C@H](C)Cn2cnc3c(N)ccnc32)NC2(C(=O)OCC(CC)CC)CC2)CC1. The van der Waals surface area contributed by atoms with E-state index in [0.29, 0.717) is 62.3 Å². The van der Waals surface area contributed by atoms with Crippen molar-refractivity contribution in [3.05, 3.63) is 18.6 Å². The van der Waals surface area contributed by atoms with E-state index in [9.17, 15) is 14.2 Å². The normalized spacial score (nSPS) is 17.7. The van der Waals surface area contributed by atoms with Crippen molar-refractivity contribution >= 4 is 36.2 Å². The Bertz CT molecular complexity index is 1250. The Hall–Kier alpha value is -2.53. The van der Waals surface area contributed by atoms with E-state index in [-0.39, 0.29) is 18.2 Å². The molecule has 2 aromatic rings. The van der Waals surface area contributed by atoms with Gasteiger partial charge in [0.2, 0.25) is 7.44 Å². The number of nitrogens with zero attached hydrogens (tertiary/aromatic N) is 3. The van der Waals surface area contributed by atoms with Crippen molar-refractivity contribution in [2.45, 2.75) is 110 Å². The average Bonchev–Trinajstić information content (AvgIpc) is 3.91. The summed E-state index contributed by atoms with van der Waals surface area (Å²) in [5.41, 5.74) is 5.65. The van der Waals surface area contributed by atoms with Gasteiger partial charge in [-0.15, -0.1) is 0 Å². The number of nitrogens with two attached hydrogens (primary N) is 1. The van der Waals surface area contributed by atoms with Gasteiger partial charge < -0.3 is 24.5 Å². The van der Waals surface area contributed by atoms with Crippen molar-refractivity contribution in [2.75, 3.05) is 25.3 Å². The molecule has 2 heterocycles. The predicted molar refractivity (Wildman–Crippen MR) is 165 cm³/mol. The summed E-state index contributed by atoms with van der Waals surface area (Å²) in [6.45, 7) is 11.2. The standard InChI is InChI=1S/C30H49N6O6P/c1-6-22(7-2)17-40-27(37)29(11-12-29)34-43(39,35-30(13-14-30)28(38)41-18-23(8-3)9-4)20-42-21(5)16-36-19-33-25-24(31)10-15-32-26(25)36/h10,15,19,21-23H,6-9,11-14,16-18,20H2,1-5H3,(H2,31,32)(H2,34,35,39)/t21-/m1/s1. The van der Waals surface area contributed by atoms with Gasteiger partial charge in [-0.25, -0.2) is 20.1 Å². The number of nitrogen functional groups attached to an aromatic ring is 1. The van der Waals surface area contributed by atoms with Gasteiger partial charge >= 0.3 is 11.9 Å². The lowest BCUT2D eigenvalue weighted by atomic mass is 10.1. The zero-order valence-corrected chi connectivity index (χ0v) is 27.2. The van der Waals surface area contributed by atoms with Gasteiger partial charge in [-0.2, -0.15) is 0 Å². The molecule has 0 bridgehead atoms.